The van der Waals surface area contributed by atoms with Gasteiger partial charge in [0.25, 0.3) is 5.91 Å². The molecule has 1 heterocycles. The van der Waals surface area contributed by atoms with Crippen molar-refractivity contribution in [1.82, 2.24) is 4.98 Å². The fourth-order valence-electron chi connectivity index (χ4n) is 2.37. The molecule has 0 aliphatic carbocycles. The molecule has 118 valence electrons. The summed E-state index contributed by atoms with van der Waals surface area (Å²) in [5.41, 5.74) is 2.96. The van der Waals surface area contributed by atoms with E-state index in [1.54, 1.807) is 11.9 Å². The van der Waals surface area contributed by atoms with Crippen molar-refractivity contribution in [2.45, 2.75) is 13.8 Å². The number of thiazole rings is 1. The highest BCUT2D eigenvalue weighted by Gasteiger charge is 2.16. The van der Waals surface area contributed by atoms with Gasteiger partial charge in [0.15, 0.2) is 11.7 Å². The SMILES string of the molecule is Cc1cccc(C)c1OCC(=O)N(C)c1nc2ccccc2s1. The van der Waals surface area contributed by atoms with Crippen LogP contribution in [0.2, 0.25) is 0 Å². The molecule has 1 amide bonds. The number of hydrogen-bond acceptors (Lipinski definition) is 4. The summed E-state index contributed by atoms with van der Waals surface area (Å²) in [6.07, 6.45) is 0. The van der Waals surface area contributed by atoms with Crippen LogP contribution in [0.25, 0.3) is 10.2 Å². The predicted molar refractivity (Wildman–Crippen MR) is 94.4 cm³/mol. The quantitative estimate of drug-likeness (QED) is 0.729. The number of para-hydroxylation sites is 2. The molecule has 3 aromatic rings. The average Bonchev–Trinajstić information content (AvgIpc) is 2.97. The first-order valence-electron chi connectivity index (χ1n) is 7.37. The lowest BCUT2D eigenvalue weighted by Gasteiger charge is -2.16. The maximum absolute atomic E-state index is 12.4. The van der Waals surface area contributed by atoms with E-state index in [9.17, 15) is 4.79 Å². The third-order valence-electron chi connectivity index (χ3n) is 3.69. The van der Waals surface area contributed by atoms with Crippen LogP contribution < -0.4 is 9.64 Å². The Morgan fingerprint density at radius 1 is 1.13 bits per heavy atom. The molecule has 0 saturated heterocycles. The number of ether oxygens (including phenoxy) is 1. The summed E-state index contributed by atoms with van der Waals surface area (Å²) in [4.78, 5) is 18.4. The zero-order valence-corrected chi connectivity index (χ0v) is 14.2. The van der Waals surface area contributed by atoms with Crippen molar-refractivity contribution < 1.29 is 9.53 Å². The van der Waals surface area contributed by atoms with E-state index < -0.39 is 0 Å². The van der Waals surface area contributed by atoms with Crippen molar-refractivity contribution in [2.24, 2.45) is 0 Å². The predicted octanol–water partition coefficient (Wildman–Crippen LogP) is 3.95. The highest BCUT2D eigenvalue weighted by molar-refractivity contribution is 7.22. The molecule has 5 heteroatoms. The number of benzene rings is 2. The van der Waals surface area contributed by atoms with Gasteiger partial charge in [0.05, 0.1) is 10.2 Å². The lowest BCUT2D eigenvalue weighted by molar-refractivity contribution is -0.120. The highest BCUT2D eigenvalue weighted by Crippen LogP contribution is 2.28. The first-order chi connectivity index (χ1) is 11.1. The zero-order valence-electron chi connectivity index (χ0n) is 13.4. The van der Waals surface area contributed by atoms with Gasteiger partial charge in [0.1, 0.15) is 5.75 Å². The van der Waals surface area contributed by atoms with Crippen molar-refractivity contribution >= 4 is 32.6 Å². The van der Waals surface area contributed by atoms with Gasteiger partial charge in [-0.25, -0.2) is 4.98 Å². The van der Waals surface area contributed by atoms with Gasteiger partial charge in [-0.3, -0.25) is 9.69 Å². The molecule has 0 aliphatic heterocycles. The summed E-state index contributed by atoms with van der Waals surface area (Å²) in [5.74, 6) is 0.658. The van der Waals surface area contributed by atoms with Crippen LogP contribution in [0.5, 0.6) is 5.75 Å². The number of carbonyl (C=O) groups excluding carboxylic acids is 1. The summed E-state index contributed by atoms with van der Waals surface area (Å²) in [6.45, 7) is 3.95. The molecule has 23 heavy (non-hydrogen) atoms. The molecule has 0 atom stereocenters. The minimum Gasteiger partial charge on any atom is -0.483 e. The molecule has 0 unspecified atom stereocenters. The molecule has 0 bridgehead atoms. The van der Waals surface area contributed by atoms with E-state index in [0.717, 1.165) is 27.1 Å². The molecular weight excluding hydrogens is 308 g/mol. The molecule has 0 fully saturated rings. The van der Waals surface area contributed by atoms with Crippen molar-refractivity contribution in [3.05, 3.63) is 53.6 Å². The van der Waals surface area contributed by atoms with Crippen molar-refractivity contribution in [1.29, 1.82) is 0 Å². The lowest BCUT2D eigenvalue weighted by Crippen LogP contribution is -2.31. The van der Waals surface area contributed by atoms with Crippen LogP contribution in [0.3, 0.4) is 0 Å². The molecule has 3 rings (SSSR count). The van der Waals surface area contributed by atoms with Crippen molar-refractivity contribution in [3.8, 4) is 5.75 Å². The molecule has 0 radical (unpaired) electrons. The third kappa shape index (κ3) is 3.19. The molecule has 0 saturated carbocycles. The first-order valence-corrected chi connectivity index (χ1v) is 8.19. The summed E-state index contributed by atoms with van der Waals surface area (Å²) < 4.78 is 6.80. The molecule has 0 aliphatic rings. The second-order valence-electron chi connectivity index (χ2n) is 5.43. The number of nitrogens with zero attached hydrogens (tertiary/aromatic N) is 2. The monoisotopic (exact) mass is 326 g/mol. The zero-order chi connectivity index (χ0) is 16.4. The second kappa shape index (κ2) is 6.38. The van der Waals surface area contributed by atoms with Crippen LogP contribution >= 0.6 is 11.3 Å². The van der Waals surface area contributed by atoms with E-state index in [-0.39, 0.29) is 12.5 Å². The van der Waals surface area contributed by atoms with E-state index in [4.69, 9.17) is 4.74 Å². The normalized spacial score (nSPS) is 10.7. The fraction of sp³-hybridized carbons (Fsp3) is 0.222. The number of aromatic nitrogens is 1. The van der Waals surface area contributed by atoms with Gasteiger partial charge in [0, 0.05) is 7.05 Å². The number of amides is 1. The van der Waals surface area contributed by atoms with Crippen molar-refractivity contribution in [2.75, 3.05) is 18.6 Å². The van der Waals surface area contributed by atoms with Gasteiger partial charge in [0.2, 0.25) is 0 Å². The minimum atomic E-state index is -0.119. The Kier molecular flexibility index (Phi) is 4.30. The number of likely N-dealkylation sites (N-methyl/N-ethyl adjacent to an activating group) is 1. The highest BCUT2D eigenvalue weighted by atomic mass is 32.1. The molecule has 1 aromatic heterocycles. The number of hydrogen-bond donors (Lipinski definition) is 0. The van der Waals surface area contributed by atoms with Crippen molar-refractivity contribution in [3.63, 3.8) is 0 Å². The van der Waals surface area contributed by atoms with E-state index in [0.29, 0.717) is 5.13 Å². The van der Waals surface area contributed by atoms with E-state index in [1.165, 1.54) is 11.3 Å². The van der Waals surface area contributed by atoms with E-state index >= 15 is 0 Å². The second-order valence-corrected chi connectivity index (χ2v) is 6.44. The van der Waals surface area contributed by atoms with Crippen LogP contribution in [-0.2, 0) is 4.79 Å². The van der Waals surface area contributed by atoms with Crippen LogP contribution in [0.15, 0.2) is 42.5 Å². The Labute approximate surface area is 139 Å². The van der Waals surface area contributed by atoms with Gasteiger partial charge in [-0.1, -0.05) is 41.7 Å². The Morgan fingerprint density at radius 3 is 2.52 bits per heavy atom. The molecule has 0 spiro atoms. The average molecular weight is 326 g/mol. The Hall–Kier alpha value is -2.40. The standard InChI is InChI=1S/C18H18N2O2S/c1-12-7-6-8-13(2)17(12)22-11-16(21)20(3)18-19-14-9-4-5-10-15(14)23-18/h4-10H,11H2,1-3H3. The third-order valence-corrected chi connectivity index (χ3v) is 4.81. The first kappa shape index (κ1) is 15.5. The smallest absolute Gasteiger partial charge is 0.266 e. The maximum Gasteiger partial charge on any atom is 0.266 e. The van der Waals surface area contributed by atoms with Gasteiger partial charge in [-0.05, 0) is 37.1 Å². The van der Waals surface area contributed by atoms with Crippen LogP contribution in [0, 0.1) is 13.8 Å². The molecule has 2 aromatic carbocycles. The summed E-state index contributed by atoms with van der Waals surface area (Å²) in [7, 11) is 1.73. The molecular formula is C18H18N2O2S. The van der Waals surface area contributed by atoms with E-state index in [2.05, 4.69) is 4.98 Å². The summed E-state index contributed by atoms with van der Waals surface area (Å²) in [5, 5.41) is 0.682. The van der Waals surface area contributed by atoms with Crippen LogP contribution in [0.1, 0.15) is 11.1 Å². The summed E-state index contributed by atoms with van der Waals surface area (Å²) in [6, 6.07) is 13.8. The maximum atomic E-state index is 12.4. The topological polar surface area (TPSA) is 42.4 Å². The lowest BCUT2D eigenvalue weighted by atomic mass is 10.1. The number of rotatable bonds is 4. The minimum absolute atomic E-state index is 0.00187. The van der Waals surface area contributed by atoms with Gasteiger partial charge in [-0.15, -0.1) is 0 Å². The fourth-order valence-corrected chi connectivity index (χ4v) is 3.31. The Balaban J connectivity index is 1.72. The molecule has 4 nitrogen and oxygen atoms in total. The van der Waals surface area contributed by atoms with Crippen LogP contribution in [0.4, 0.5) is 5.13 Å². The number of aryl methyl sites for hydroxylation is 2. The van der Waals surface area contributed by atoms with Gasteiger partial charge in [-0.2, -0.15) is 0 Å². The van der Waals surface area contributed by atoms with Crippen LogP contribution in [-0.4, -0.2) is 24.5 Å². The van der Waals surface area contributed by atoms with Gasteiger partial charge >= 0.3 is 0 Å². The number of anilines is 1. The Bertz CT molecular complexity index is 804. The molecule has 0 N–H and O–H groups in total. The summed E-state index contributed by atoms with van der Waals surface area (Å²) >= 11 is 1.50. The number of carbonyl (C=O) groups is 1. The van der Waals surface area contributed by atoms with Gasteiger partial charge < -0.3 is 4.74 Å². The van der Waals surface area contributed by atoms with E-state index in [1.807, 2.05) is 56.3 Å². The number of fused-ring (bicyclic) bond motifs is 1. The Morgan fingerprint density at radius 2 is 1.83 bits per heavy atom. The largest absolute Gasteiger partial charge is 0.483 e.